The molecular formula is C14H20N6O7. The van der Waals surface area contributed by atoms with Crippen LogP contribution in [0.25, 0.3) is 10.4 Å². The van der Waals surface area contributed by atoms with Crippen LogP contribution >= 0.6 is 0 Å². The Kier molecular flexibility index (Phi) is 6.03. The van der Waals surface area contributed by atoms with E-state index >= 15 is 0 Å². The highest BCUT2D eigenvalue weighted by molar-refractivity contribution is 5.75. The molecule has 0 aliphatic carbocycles. The summed E-state index contributed by atoms with van der Waals surface area (Å²) in [5.41, 5.74) is 10.7. The van der Waals surface area contributed by atoms with Crippen LogP contribution in [0.2, 0.25) is 0 Å². The monoisotopic (exact) mass is 384 g/mol. The number of aliphatic hydroxyl groups is 2. The van der Waals surface area contributed by atoms with Crippen LogP contribution in [0.4, 0.5) is 0 Å². The number of ether oxygens (including phenoxy) is 2. The van der Waals surface area contributed by atoms with Crippen molar-refractivity contribution >= 4 is 5.97 Å². The molecule has 2 rings (SSSR count). The Morgan fingerprint density at radius 3 is 2.78 bits per heavy atom. The lowest BCUT2D eigenvalue weighted by molar-refractivity contribution is -0.167. The number of hydrogen-bond acceptors (Lipinski definition) is 9. The molecule has 1 aromatic heterocycles. The van der Waals surface area contributed by atoms with Gasteiger partial charge >= 0.3 is 11.7 Å². The molecule has 27 heavy (non-hydrogen) atoms. The van der Waals surface area contributed by atoms with Crippen molar-refractivity contribution in [3.8, 4) is 0 Å². The van der Waals surface area contributed by atoms with Crippen molar-refractivity contribution in [3.05, 3.63) is 43.5 Å². The molecule has 5 atom stereocenters. The van der Waals surface area contributed by atoms with Crippen molar-refractivity contribution in [2.75, 3.05) is 6.61 Å². The zero-order valence-corrected chi connectivity index (χ0v) is 14.6. The number of aliphatic hydroxyl groups excluding tert-OH is 2. The molecular weight excluding hydrogens is 364 g/mol. The van der Waals surface area contributed by atoms with Crippen LogP contribution in [-0.4, -0.2) is 56.3 Å². The number of nitrogens with two attached hydrogens (primary N) is 1. The van der Waals surface area contributed by atoms with Gasteiger partial charge < -0.3 is 25.4 Å². The summed E-state index contributed by atoms with van der Waals surface area (Å²) in [6, 6.07) is 0.0354. The molecule has 1 aliphatic heterocycles. The molecule has 1 saturated heterocycles. The van der Waals surface area contributed by atoms with Crippen molar-refractivity contribution in [1.29, 1.82) is 0 Å². The molecule has 2 heterocycles. The number of aromatic nitrogens is 2. The lowest BCUT2D eigenvalue weighted by atomic mass is 10.0. The lowest BCUT2D eigenvalue weighted by Crippen LogP contribution is -2.47. The van der Waals surface area contributed by atoms with Crippen LogP contribution in [-0.2, 0) is 14.3 Å². The van der Waals surface area contributed by atoms with E-state index in [2.05, 4.69) is 10.0 Å². The average molecular weight is 384 g/mol. The molecule has 1 aromatic rings. The number of aromatic amines is 1. The van der Waals surface area contributed by atoms with Crippen LogP contribution in [0.15, 0.2) is 27.0 Å². The molecule has 0 saturated carbocycles. The van der Waals surface area contributed by atoms with Gasteiger partial charge in [-0.3, -0.25) is 19.1 Å². The summed E-state index contributed by atoms with van der Waals surface area (Å²) in [6.07, 6.45) is -4.03. The van der Waals surface area contributed by atoms with Crippen molar-refractivity contribution < 1.29 is 24.5 Å². The summed E-state index contributed by atoms with van der Waals surface area (Å²) in [5, 5.41) is 23.9. The zero-order valence-electron chi connectivity index (χ0n) is 14.6. The topological polar surface area (TPSA) is 206 Å². The van der Waals surface area contributed by atoms with Crippen LogP contribution < -0.4 is 17.0 Å². The average Bonchev–Trinajstić information content (AvgIpc) is 2.85. The highest BCUT2D eigenvalue weighted by Crippen LogP contribution is 2.38. The molecule has 0 bridgehead atoms. The first kappa shape index (κ1) is 20.6. The highest BCUT2D eigenvalue weighted by Gasteiger charge is 2.56. The first-order chi connectivity index (χ1) is 12.6. The second-order valence-corrected chi connectivity index (χ2v) is 6.37. The number of carbonyl (C=O) groups is 1. The largest absolute Gasteiger partial charge is 0.461 e. The minimum atomic E-state index is -2.19. The maximum Gasteiger partial charge on any atom is 0.330 e. The van der Waals surface area contributed by atoms with Crippen LogP contribution in [0.1, 0.15) is 20.1 Å². The van der Waals surface area contributed by atoms with E-state index in [4.69, 9.17) is 20.7 Å². The smallest absolute Gasteiger partial charge is 0.330 e. The Bertz CT molecular complexity index is 860. The fourth-order valence-corrected chi connectivity index (χ4v) is 2.47. The van der Waals surface area contributed by atoms with Gasteiger partial charge in [0.1, 0.15) is 24.9 Å². The van der Waals surface area contributed by atoms with E-state index in [-0.39, 0.29) is 5.92 Å². The maximum absolute atomic E-state index is 11.9. The van der Waals surface area contributed by atoms with E-state index < -0.39 is 54.0 Å². The van der Waals surface area contributed by atoms with Crippen molar-refractivity contribution in [2.45, 2.75) is 44.1 Å². The second kappa shape index (κ2) is 7.90. The Balaban J connectivity index is 2.31. The van der Waals surface area contributed by atoms with Crippen molar-refractivity contribution in [1.82, 2.24) is 9.55 Å². The van der Waals surface area contributed by atoms with Gasteiger partial charge in [0.15, 0.2) is 6.23 Å². The molecule has 0 aromatic carbocycles. The number of carbonyl (C=O) groups excluding carboxylic acids is 1. The van der Waals surface area contributed by atoms with E-state index in [0.29, 0.717) is 0 Å². The lowest BCUT2D eigenvalue weighted by Gasteiger charge is -2.27. The fourth-order valence-electron chi connectivity index (χ4n) is 2.47. The van der Waals surface area contributed by atoms with Crippen molar-refractivity contribution in [2.24, 2.45) is 16.8 Å². The third-order valence-electron chi connectivity index (χ3n) is 4.15. The molecule has 1 fully saturated rings. The number of azide groups is 1. The Morgan fingerprint density at radius 1 is 1.56 bits per heavy atom. The van der Waals surface area contributed by atoms with E-state index in [0.717, 1.165) is 16.8 Å². The summed E-state index contributed by atoms with van der Waals surface area (Å²) >= 11 is 0. The molecule has 13 heteroatoms. The Hall–Kier alpha value is -2.70. The van der Waals surface area contributed by atoms with E-state index in [1.54, 1.807) is 13.8 Å². The SMILES string of the molecule is CC(C)[C@@H](N)C(=O)OC[C@@]1(N=[N+]=[N-])OC(n2ccc(=O)[nH]c2=O)[C@H](O)[C@@H]1O. The third kappa shape index (κ3) is 4.02. The standard InChI is InChI=1S/C14H20N6O7/c1-6(2)8(15)12(24)26-5-14(18-19-16)10(23)9(22)11(27-14)20-4-3-7(21)17-13(20)25/h3-4,6,8-11,22-23H,5,15H2,1-2H3,(H,17,21,25)/t8-,9-,10+,11?,14-/m1/s1. The van der Waals surface area contributed by atoms with E-state index in [9.17, 15) is 24.6 Å². The summed E-state index contributed by atoms with van der Waals surface area (Å²) in [5.74, 6) is -1.06. The normalized spacial score (nSPS) is 28.6. The third-order valence-corrected chi connectivity index (χ3v) is 4.15. The maximum atomic E-state index is 11.9. The number of nitrogens with zero attached hydrogens (tertiary/aromatic N) is 4. The fraction of sp³-hybridized carbons (Fsp3) is 0.643. The molecule has 1 unspecified atom stereocenters. The number of rotatable bonds is 6. The predicted octanol–water partition coefficient (Wildman–Crippen LogP) is -1.68. The number of hydrogen-bond donors (Lipinski definition) is 4. The number of esters is 1. The highest BCUT2D eigenvalue weighted by atomic mass is 16.6. The quantitative estimate of drug-likeness (QED) is 0.192. The van der Waals surface area contributed by atoms with Crippen LogP contribution in [0.3, 0.4) is 0 Å². The Labute approximate surface area is 151 Å². The molecule has 148 valence electrons. The molecule has 13 nitrogen and oxygen atoms in total. The van der Waals surface area contributed by atoms with Crippen molar-refractivity contribution in [3.63, 3.8) is 0 Å². The molecule has 0 spiro atoms. The first-order valence-electron chi connectivity index (χ1n) is 7.97. The summed E-state index contributed by atoms with van der Waals surface area (Å²) in [7, 11) is 0. The number of nitrogens with one attached hydrogen (secondary N) is 1. The molecule has 5 N–H and O–H groups in total. The Morgan fingerprint density at radius 2 is 2.22 bits per heavy atom. The van der Waals surface area contributed by atoms with E-state index in [1.165, 1.54) is 0 Å². The summed E-state index contributed by atoms with van der Waals surface area (Å²) in [6.45, 7) is 2.64. The van der Waals surface area contributed by atoms with E-state index in [1.807, 2.05) is 4.98 Å². The molecule has 1 aliphatic rings. The van der Waals surface area contributed by atoms with Gasteiger partial charge in [0.25, 0.3) is 5.56 Å². The molecule has 0 amide bonds. The summed E-state index contributed by atoms with van der Waals surface area (Å²) < 4.78 is 11.2. The second-order valence-electron chi connectivity index (χ2n) is 6.37. The minimum absolute atomic E-state index is 0.236. The van der Waals surface area contributed by atoms with Gasteiger partial charge in [0.2, 0.25) is 5.72 Å². The van der Waals surface area contributed by atoms with Gasteiger partial charge in [-0.15, -0.1) is 0 Å². The summed E-state index contributed by atoms with van der Waals surface area (Å²) in [4.78, 5) is 39.5. The van der Waals surface area contributed by atoms with Gasteiger partial charge in [-0.25, -0.2) is 4.79 Å². The predicted molar refractivity (Wildman–Crippen MR) is 89.1 cm³/mol. The van der Waals surface area contributed by atoms with Crippen LogP contribution in [0.5, 0.6) is 0 Å². The van der Waals surface area contributed by atoms with Gasteiger partial charge in [0.05, 0.1) is 0 Å². The zero-order chi connectivity index (χ0) is 20.4. The first-order valence-corrected chi connectivity index (χ1v) is 7.97. The minimum Gasteiger partial charge on any atom is -0.461 e. The van der Waals surface area contributed by atoms with Crippen LogP contribution in [0, 0.1) is 5.92 Å². The van der Waals surface area contributed by atoms with Gasteiger partial charge in [-0.2, -0.15) is 0 Å². The van der Waals surface area contributed by atoms with Gasteiger partial charge in [0, 0.05) is 17.2 Å². The van der Waals surface area contributed by atoms with Gasteiger partial charge in [-0.05, 0) is 11.4 Å². The van der Waals surface area contributed by atoms with Gasteiger partial charge in [-0.1, -0.05) is 19.0 Å². The number of H-pyrrole nitrogens is 1. The molecule has 0 radical (unpaired) electrons.